The summed E-state index contributed by atoms with van der Waals surface area (Å²) in [5.74, 6) is 0.756. The molecular weight excluding hydrogens is 244 g/mol. The van der Waals surface area contributed by atoms with Gasteiger partial charge in [-0.15, -0.1) is 10.2 Å². The van der Waals surface area contributed by atoms with E-state index in [2.05, 4.69) is 10.2 Å². The number of thioether (sulfide) groups is 1. The van der Waals surface area contributed by atoms with Crippen molar-refractivity contribution in [3.63, 3.8) is 0 Å². The summed E-state index contributed by atoms with van der Waals surface area (Å²) in [6, 6.07) is 5.54. The van der Waals surface area contributed by atoms with Gasteiger partial charge in [-0.3, -0.25) is 0 Å². The Morgan fingerprint density at radius 3 is 2.94 bits per heavy atom. The largest absolute Gasteiger partial charge is 0.399 e. The van der Waals surface area contributed by atoms with Crippen LogP contribution in [-0.4, -0.2) is 14.8 Å². The minimum atomic E-state index is 0.678. The van der Waals surface area contributed by atoms with Crippen molar-refractivity contribution in [1.82, 2.24) is 14.8 Å². The number of hydrogen-bond acceptors (Lipinski definition) is 4. The van der Waals surface area contributed by atoms with Crippen LogP contribution >= 0.6 is 23.4 Å². The Hall–Kier alpha value is -1.20. The van der Waals surface area contributed by atoms with Gasteiger partial charge < -0.3 is 10.3 Å². The Labute approximate surface area is 103 Å². The first-order valence-electron chi connectivity index (χ1n) is 4.67. The van der Waals surface area contributed by atoms with Gasteiger partial charge in [0.1, 0.15) is 6.33 Å². The van der Waals surface area contributed by atoms with Crippen molar-refractivity contribution < 1.29 is 0 Å². The van der Waals surface area contributed by atoms with Gasteiger partial charge in [-0.25, -0.2) is 0 Å². The zero-order valence-corrected chi connectivity index (χ0v) is 10.3. The van der Waals surface area contributed by atoms with Gasteiger partial charge in [-0.2, -0.15) is 0 Å². The van der Waals surface area contributed by atoms with Gasteiger partial charge in [-0.05, 0) is 17.7 Å². The maximum absolute atomic E-state index is 6.07. The molecule has 1 heterocycles. The van der Waals surface area contributed by atoms with E-state index in [4.69, 9.17) is 17.3 Å². The molecule has 0 spiro atoms. The molecule has 1 aromatic carbocycles. The van der Waals surface area contributed by atoms with E-state index < -0.39 is 0 Å². The quantitative estimate of drug-likeness (QED) is 0.675. The third-order valence-electron chi connectivity index (χ3n) is 2.10. The van der Waals surface area contributed by atoms with E-state index in [-0.39, 0.29) is 0 Å². The highest BCUT2D eigenvalue weighted by atomic mass is 35.5. The van der Waals surface area contributed by atoms with Crippen LogP contribution in [0.4, 0.5) is 5.69 Å². The molecule has 0 atom stereocenters. The number of nitrogens with two attached hydrogens (primary N) is 1. The van der Waals surface area contributed by atoms with Crippen LogP contribution in [0.25, 0.3) is 0 Å². The zero-order valence-electron chi connectivity index (χ0n) is 8.72. The summed E-state index contributed by atoms with van der Waals surface area (Å²) in [6.07, 6.45) is 1.67. The van der Waals surface area contributed by atoms with Crippen LogP contribution in [0.15, 0.2) is 29.7 Å². The maximum atomic E-state index is 6.07. The summed E-state index contributed by atoms with van der Waals surface area (Å²) in [5.41, 5.74) is 7.35. The molecule has 6 heteroatoms. The number of halogens is 1. The van der Waals surface area contributed by atoms with E-state index in [0.29, 0.717) is 10.7 Å². The molecule has 0 radical (unpaired) electrons. The molecule has 16 heavy (non-hydrogen) atoms. The Morgan fingerprint density at radius 2 is 2.31 bits per heavy atom. The van der Waals surface area contributed by atoms with Crippen molar-refractivity contribution in [3.8, 4) is 0 Å². The second kappa shape index (κ2) is 4.76. The summed E-state index contributed by atoms with van der Waals surface area (Å²) in [4.78, 5) is 0. The Bertz CT molecular complexity index is 497. The summed E-state index contributed by atoms with van der Waals surface area (Å²) in [7, 11) is 1.91. The number of rotatable bonds is 3. The lowest BCUT2D eigenvalue weighted by atomic mass is 10.2. The number of aryl methyl sites for hydroxylation is 1. The predicted octanol–water partition coefficient (Wildman–Crippen LogP) is 2.34. The average Bonchev–Trinajstić information content (AvgIpc) is 2.63. The normalized spacial score (nSPS) is 10.6. The zero-order chi connectivity index (χ0) is 11.5. The molecule has 0 aliphatic heterocycles. The van der Waals surface area contributed by atoms with E-state index in [1.807, 2.05) is 23.7 Å². The molecule has 4 nitrogen and oxygen atoms in total. The first kappa shape index (κ1) is 11.3. The number of nitrogens with zero attached hydrogens (tertiary/aromatic N) is 3. The number of hydrogen-bond donors (Lipinski definition) is 1. The lowest BCUT2D eigenvalue weighted by molar-refractivity contribution is 0.788. The summed E-state index contributed by atoms with van der Waals surface area (Å²) >= 11 is 7.66. The van der Waals surface area contributed by atoms with E-state index in [1.54, 1.807) is 24.2 Å². The molecule has 0 bridgehead atoms. The minimum Gasteiger partial charge on any atom is -0.399 e. The van der Waals surface area contributed by atoms with Crippen LogP contribution in [0.5, 0.6) is 0 Å². The summed E-state index contributed by atoms with van der Waals surface area (Å²) < 4.78 is 1.87. The molecule has 0 amide bonds. The van der Waals surface area contributed by atoms with Crippen molar-refractivity contribution in [2.45, 2.75) is 10.9 Å². The summed E-state index contributed by atoms with van der Waals surface area (Å²) in [5, 5.41) is 9.35. The Kier molecular flexibility index (Phi) is 3.36. The number of aromatic nitrogens is 3. The molecule has 0 fully saturated rings. The minimum absolute atomic E-state index is 0.678. The average molecular weight is 255 g/mol. The fraction of sp³-hybridized carbons (Fsp3) is 0.200. The molecule has 84 valence electrons. The topological polar surface area (TPSA) is 56.7 Å². The molecule has 0 saturated heterocycles. The summed E-state index contributed by atoms with van der Waals surface area (Å²) in [6.45, 7) is 0. The van der Waals surface area contributed by atoms with Gasteiger partial charge in [-0.1, -0.05) is 29.4 Å². The molecule has 0 saturated carbocycles. The van der Waals surface area contributed by atoms with Crippen LogP contribution in [0.1, 0.15) is 5.56 Å². The molecular formula is C10H11ClN4S. The van der Waals surface area contributed by atoms with Crippen LogP contribution in [0.3, 0.4) is 0 Å². The Morgan fingerprint density at radius 1 is 1.50 bits per heavy atom. The van der Waals surface area contributed by atoms with Gasteiger partial charge in [0.2, 0.25) is 0 Å². The van der Waals surface area contributed by atoms with Crippen molar-refractivity contribution in [1.29, 1.82) is 0 Å². The second-order valence-electron chi connectivity index (χ2n) is 3.36. The highest BCUT2D eigenvalue weighted by molar-refractivity contribution is 7.98. The number of nitrogen functional groups attached to an aromatic ring is 1. The molecule has 0 aliphatic carbocycles. The lowest BCUT2D eigenvalue weighted by Crippen LogP contribution is -1.91. The number of benzene rings is 1. The predicted molar refractivity (Wildman–Crippen MR) is 66.4 cm³/mol. The molecule has 0 aliphatic rings. The van der Waals surface area contributed by atoms with Crippen molar-refractivity contribution >= 4 is 29.1 Å². The van der Waals surface area contributed by atoms with Crippen LogP contribution in [0.2, 0.25) is 5.02 Å². The fourth-order valence-corrected chi connectivity index (χ4v) is 2.45. The van der Waals surface area contributed by atoms with Crippen molar-refractivity contribution in [2.75, 3.05) is 5.73 Å². The molecule has 0 unspecified atom stereocenters. The van der Waals surface area contributed by atoms with E-state index in [1.165, 1.54) is 0 Å². The van der Waals surface area contributed by atoms with E-state index >= 15 is 0 Å². The Balaban J connectivity index is 2.08. The standard InChI is InChI=1S/C10H11ClN4S/c1-15-6-13-14-10(15)16-5-7-2-3-8(12)4-9(7)11/h2-4,6H,5,12H2,1H3. The molecule has 2 rings (SSSR count). The van der Waals surface area contributed by atoms with Crippen LogP contribution in [-0.2, 0) is 12.8 Å². The van der Waals surface area contributed by atoms with Crippen molar-refractivity contribution in [2.24, 2.45) is 7.05 Å². The fourth-order valence-electron chi connectivity index (χ4n) is 1.23. The van der Waals surface area contributed by atoms with E-state index in [9.17, 15) is 0 Å². The molecule has 2 aromatic rings. The van der Waals surface area contributed by atoms with E-state index in [0.717, 1.165) is 16.5 Å². The third-order valence-corrected chi connectivity index (χ3v) is 3.54. The molecule has 1 aromatic heterocycles. The monoisotopic (exact) mass is 254 g/mol. The van der Waals surface area contributed by atoms with Crippen LogP contribution in [0, 0.1) is 0 Å². The lowest BCUT2D eigenvalue weighted by Gasteiger charge is -2.04. The van der Waals surface area contributed by atoms with Gasteiger partial charge in [0, 0.05) is 23.5 Å². The highest BCUT2D eigenvalue weighted by Gasteiger charge is 2.05. The van der Waals surface area contributed by atoms with Gasteiger partial charge in [0.05, 0.1) is 0 Å². The van der Waals surface area contributed by atoms with Crippen LogP contribution < -0.4 is 5.73 Å². The first-order valence-corrected chi connectivity index (χ1v) is 6.04. The van der Waals surface area contributed by atoms with Gasteiger partial charge >= 0.3 is 0 Å². The maximum Gasteiger partial charge on any atom is 0.191 e. The number of anilines is 1. The SMILES string of the molecule is Cn1cnnc1SCc1ccc(N)cc1Cl. The first-order chi connectivity index (χ1) is 7.66. The van der Waals surface area contributed by atoms with Gasteiger partial charge in [0.25, 0.3) is 0 Å². The second-order valence-corrected chi connectivity index (χ2v) is 4.71. The van der Waals surface area contributed by atoms with Gasteiger partial charge in [0.15, 0.2) is 5.16 Å². The highest BCUT2D eigenvalue weighted by Crippen LogP contribution is 2.26. The van der Waals surface area contributed by atoms with Crippen molar-refractivity contribution in [3.05, 3.63) is 35.1 Å². The smallest absolute Gasteiger partial charge is 0.191 e. The third kappa shape index (κ3) is 2.48. The molecule has 2 N–H and O–H groups in total.